The number of halogens is 3. The average Bonchev–Trinajstić information content (AvgIpc) is 3.65. The second-order valence-electron chi connectivity index (χ2n) is 15.1. The van der Waals surface area contributed by atoms with Gasteiger partial charge in [-0.1, -0.05) is 60.1 Å². The Kier molecular flexibility index (Phi) is 11.8. The van der Waals surface area contributed by atoms with E-state index in [1.165, 1.54) is 41.3 Å². The molecule has 1 aliphatic heterocycles. The molecule has 0 bridgehead atoms. The molecule has 9 nitrogen and oxygen atoms in total. The number of carbonyl (C=O) groups excluding carboxylic acids is 2. The quantitative estimate of drug-likeness (QED) is 0.158. The van der Waals surface area contributed by atoms with Gasteiger partial charge in [0.15, 0.2) is 6.04 Å². The lowest BCUT2D eigenvalue weighted by Crippen LogP contribution is -2.57. The zero-order chi connectivity index (χ0) is 38.7. The number of alkyl carbamates (subject to hydrolysis) is 1. The number of nitrogens with one attached hydrogen (secondary N) is 2. The minimum Gasteiger partial charge on any atom is -0.490 e. The Hall–Kier alpha value is -4.26. The summed E-state index contributed by atoms with van der Waals surface area (Å²) in [6.45, 7) is 5.77. The molecule has 2 fully saturated rings. The van der Waals surface area contributed by atoms with Crippen molar-refractivity contribution in [2.45, 2.75) is 87.9 Å². The van der Waals surface area contributed by atoms with E-state index in [1.807, 2.05) is 6.07 Å². The van der Waals surface area contributed by atoms with Crippen LogP contribution in [0, 0.1) is 5.92 Å². The zero-order valence-electron chi connectivity index (χ0n) is 30.6. The number of amides is 2. The topological polar surface area (TPSA) is 114 Å². The molecule has 288 valence electrons. The molecule has 1 aliphatic carbocycles. The molecule has 1 unspecified atom stereocenters. The van der Waals surface area contributed by atoms with E-state index in [9.17, 15) is 18.0 Å². The van der Waals surface area contributed by atoms with Gasteiger partial charge >= 0.3 is 6.09 Å². The molecule has 1 atom stereocenters. The van der Waals surface area contributed by atoms with Crippen LogP contribution in [0.3, 0.4) is 0 Å². The summed E-state index contributed by atoms with van der Waals surface area (Å²) < 4.78 is 74.7. The fraction of sp³-hybridized carbons (Fsp3) is 0.415. The molecule has 2 aliphatic rings. The number of benzene rings is 4. The first-order valence-electron chi connectivity index (χ1n) is 18.3. The highest BCUT2D eigenvalue weighted by Crippen LogP contribution is 2.36. The fourth-order valence-electron chi connectivity index (χ4n) is 6.92. The van der Waals surface area contributed by atoms with E-state index in [0.29, 0.717) is 41.1 Å². The van der Waals surface area contributed by atoms with Crippen molar-refractivity contribution in [3.63, 3.8) is 0 Å². The largest absolute Gasteiger partial charge is 0.490 e. The van der Waals surface area contributed by atoms with Gasteiger partial charge in [-0.25, -0.2) is 13.2 Å². The van der Waals surface area contributed by atoms with E-state index < -0.39 is 45.2 Å². The summed E-state index contributed by atoms with van der Waals surface area (Å²) in [7, 11) is -4.64. The molecule has 0 spiro atoms. The lowest BCUT2D eigenvalue weighted by atomic mass is 9.94. The summed E-state index contributed by atoms with van der Waals surface area (Å²) >= 11 is 6.01. The molecule has 13 heteroatoms. The molecule has 4 aromatic rings. The first-order chi connectivity index (χ1) is 25.6. The van der Waals surface area contributed by atoms with Crippen LogP contribution < -0.4 is 14.8 Å². The molecule has 4 aromatic carbocycles. The van der Waals surface area contributed by atoms with Gasteiger partial charge in [0.25, 0.3) is 5.92 Å². The maximum atomic E-state index is 16.7. The molecule has 1 saturated carbocycles. The average molecular weight is 782 g/mol. The van der Waals surface area contributed by atoms with Gasteiger partial charge in [-0.2, -0.15) is 13.5 Å². The van der Waals surface area contributed by atoms with Crippen molar-refractivity contribution in [1.82, 2.24) is 14.9 Å². The lowest BCUT2D eigenvalue weighted by molar-refractivity contribution is -0.145. The Morgan fingerprint density at radius 2 is 1.44 bits per heavy atom. The van der Waals surface area contributed by atoms with Gasteiger partial charge in [0.05, 0.1) is 11.0 Å². The van der Waals surface area contributed by atoms with Crippen LogP contribution in [0.4, 0.5) is 13.6 Å². The van der Waals surface area contributed by atoms with E-state index in [4.69, 9.17) is 21.1 Å². The standard InChI is InChI=1S/C41H46ClF2N3O6S/c1-40(2,3)53-39(49)45-26-27-20-22-47(23-21-27)38(48)37(41(43,44)32-14-8-28(9-15-32)29-10-16-33(42)17-11-29)46-54(50,51)36-19-13-30-24-35(18-12-31(30)25-36)52-34-6-4-5-7-34/h8-19,24-25,27,34,37,46H,4-7,20-23,26H2,1-3H3,(H,45,49). The first kappa shape index (κ1) is 39.4. The number of rotatable bonds is 11. The number of fused-ring (bicyclic) bond motifs is 1. The molecule has 0 aromatic heterocycles. The third-order valence-corrected chi connectivity index (χ3v) is 11.6. The third kappa shape index (κ3) is 9.69. The number of sulfonamides is 1. The maximum Gasteiger partial charge on any atom is 0.407 e. The van der Waals surface area contributed by atoms with Crippen molar-refractivity contribution in [1.29, 1.82) is 0 Å². The molecule has 1 heterocycles. The number of ether oxygens (including phenoxy) is 2. The Morgan fingerprint density at radius 3 is 2.07 bits per heavy atom. The zero-order valence-corrected chi connectivity index (χ0v) is 32.2. The molecule has 2 amide bonds. The van der Waals surface area contributed by atoms with Crippen LogP contribution in [0.2, 0.25) is 5.02 Å². The molecule has 1 saturated heterocycles. The van der Waals surface area contributed by atoms with Gasteiger partial charge in [-0.3, -0.25) is 4.79 Å². The highest BCUT2D eigenvalue weighted by atomic mass is 35.5. The van der Waals surface area contributed by atoms with Crippen molar-refractivity contribution in [3.8, 4) is 16.9 Å². The maximum absolute atomic E-state index is 16.7. The van der Waals surface area contributed by atoms with Crippen LogP contribution in [0.15, 0.2) is 89.8 Å². The van der Waals surface area contributed by atoms with E-state index in [2.05, 4.69) is 10.0 Å². The summed E-state index contributed by atoms with van der Waals surface area (Å²) in [6, 6.07) is 19.5. The summed E-state index contributed by atoms with van der Waals surface area (Å²) in [6.07, 6.45) is 4.63. The second-order valence-corrected chi connectivity index (χ2v) is 17.3. The molecule has 54 heavy (non-hydrogen) atoms. The number of carbonyl (C=O) groups is 2. The highest BCUT2D eigenvalue weighted by molar-refractivity contribution is 7.89. The van der Waals surface area contributed by atoms with Crippen LogP contribution in [0.5, 0.6) is 5.75 Å². The van der Waals surface area contributed by atoms with Gasteiger partial charge < -0.3 is 19.7 Å². The van der Waals surface area contributed by atoms with Crippen molar-refractivity contribution < 1.29 is 36.3 Å². The van der Waals surface area contributed by atoms with E-state index in [0.717, 1.165) is 36.6 Å². The number of nitrogens with zero attached hydrogens (tertiary/aromatic N) is 1. The predicted molar refractivity (Wildman–Crippen MR) is 205 cm³/mol. The minimum absolute atomic E-state index is 0.0284. The van der Waals surface area contributed by atoms with Crippen LogP contribution in [-0.2, 0) is 25.5 Å². The molecular weight excluding hydrogens is 736 g/mol. The number of piperidine rings is 1. The van der Waals surface area contributed by atoms with Crippen LogP contribution in [0.25, 0.3) is 21.9 Å². The summed E-state index contributed by atoms with van der Waals surface area (Å²) in [5.41, 5.74) is 0.208. The Morgan fingerprint density at radius 1 is 0.852 bits per heavy atom. The first-order valence-corrected chi connectivity index (χ1v) is 20.2. The summed E-state index contributed by atoms with van der Waals surface area (Å²) in [4.78, 5) is 27.2. The van der Waals surface area contributed by atoms with Gasteiger partial charge in [0.1, 0.15) is 11.4 Å². The van der Waals surface area contributed by atoms with Gasteiger partial charge in [0.2, 0.25) is 15.9 Å². The number of hydrogen-bond acceptors (Lipinski definition) is 6. The molecule has 6 rings (SSSR count). The van der Waals surface area contributed by atoms with E-state index in [-0.39, 0.29) is 30.0 Å². The molecule has 0 radical (unpaired) electrons. The van der Waals surface area contributed by atoms with Crippen LogP contribution in [-0.4, -0.2) is 62.7 Å². The third-order valence-electron chi connectivity index (χ3n) is 9.89. The number of likely N-dealkylation sites (tertiary alicyclic amines) is 1. The SMILES string of the molecule is CC(C)(C)OC(=O)NCC1CCN(C(=O)C(NS(=O)(=O)c2ccc3cc(OC4CCCC4)ccc3c2)C(F)(F)c2ccc(-c3ccc(Cl)cc3)cc2)CC1. The number of hydrogen-bond donors (Lipinski definition) is 2. The monoisotopic (exact) mass is 781 g/mol. The van der Waals surface area contributed by atoms with Gasteiger partial charge in [0, 0.05) is 30.2 Å². The Labute approximate surface area is 320 Å². The predicted octanol–water partition coefficient (Wildman–Crippen LogP) is 8.68. The van der Waals surface area contributed by atoms with Gasteiger partial charge in [-0.15, -0.1) is 0 Å². The minimum atomic E-state index is -4.64. The van der Waals surface area contributed by atoms with Crippen molar-refractivity contribution >= 4 is 44.4 Å². The fourth-order valence-corrected chi connectivity index (χ4v) is 8.27. The van der Waals surface area contributed by atoms with Gasteiger partial charge in [-0.05, 0) is 124 Å². The Bertz CT molecular complexity index is 2060. The highest BCUT2D eigenvalue weighted by Gasteiger charge is 2.50. The van der Waals surface area contributed by atoms with Crippen LogP contribution >= 0.6 is 11.6 Å². The van der Waals surface area contributed by atoms with E-state index >= 15 is 8.78 Å². The normalized spacial score (nSPS) is 16.7. The molecule has 2 N–H and O–H groups in total. The summed E-state index contributed by atoms with van der Waals surface area (Å²) in [5, 5.41) is 4.57. The second kappa shape index (κ2) is 16.2. The van der Waals surface area contributed by atoms with Crippen molar-refractivity contribution in [2.75, 3.05) is 19.6 Å². The van der Waals surface area contributed by atoms with Crippen LogP contribution in [0.1, 0.15) is 64.9 Å². The molecular formula is C41H46ClF2N3O6S. The van der Waals surface area contributed by atoms with Crippen molar-refractivity contribution in [3.05, 3.63) is 95.5 Å². The van der Waals surface area contributed by atoms with E-state index in [1.54, 1.807) is 63.2 Å². The number of alkyl halides is 2. The van der Waals surface area contributed by atoms with Crippen molar-refractivity contribution in [2.24, 2.45) is 5.92 Å². The smallest absolute Gasteiger partial charge is 0.407 e. The lowest BCUT2D eigenvalue weighted by Gasteiger charge is -2.36. The summed E-state index contributed by atoms with van der Waals surface area (Å²) in [5.74, 6) is -4.33. The Balaban J connectivity index is 1.23.